The Morgan fingerprint density at radius 1 is 1.50 bits per heavy atom. The van der Waals surface area contributed by atoms with Crippen molar-refractivity contribution in [2.24, 2.45) is 0 Å². The number of nitrogens with one attached hydrogen (secondary N) is 1. The number of nitrogens with zero attached hydrogens (tertiary/aromatic N) is 4. The molecule has 1 aromatic rings. The lowest BCUT2D eigenvalue weighted by Gasteiger charge is -2.37. The molecule has 1 unspecified atom stereocenters. The third-order valence-corrected chi connectivity index (χ3v) is 3.89. The van der Waals surface area contributed by atoms with Crippen molar-refractivity contribution in [2.75, 3.05) is 39.0 Å². The molecular weight excluding hydrogens is 222 g/mol. The van der Waals surface area contributed by atoms with E-state index in [2.05, 4.69) is 38.7 Å². The van der Waals surface area contributed by atoms with Crippen LogP contribution in [-0.2, 0) is 6.54 Å². The molecule has 1 saturated heterocycles. The lowest BCUT2D eigenvalue weighted by atomic mass is 10.2. The Hall–Kier alpha value is -0.720. The Kier molecular flexibility index (Phi) is 3.73. The molecule has 90 valence electrons. The number of piperazine rings is 1. The van der Waals surface area contributed by atoms with Crippen molar-refractivity contribution in [1.29, 1.82) is 0 Å². The highest BCUT2D eigenvalue weighted by atomic mass is 32.1. The first kappa shape index (κ1) is 11.8. The van der Waals surface area contributed by atoms with Crippen molar-refractivity contribution in [1.82, 2.24) is 19.4 Å². The van der Waals surface area contributed by atoms with Crippen LogP contribution < -0.4 is 5.32 Å². The molecule has 1 N–H and O–H groups in total. The SMILES string of the molecule is CNc1snnc1CN1CCN(C)CC1C. The van der Waals surface area contributed by atoms with Gasteiger partial charge in [-0.1, -0.05) is 4.49 Å². The molecule has 1 aromatic heterocycles. The van der Waals surface area contributed by atoms with Crippen LogP contribution in [0.15, 0.2) is 0 Å². The molecule has 1 atom stereocenters. The van der Waals surface area contributed by atoms with Crippen molar-refractivity contribution >= 4 is 16.5 Å². The van der Waals surface area contributed by atoms with Crippen LogP contribution in [0, 0.1) is 0 Å². The van der Waals surface area contributed by atoms with Gasteiger partial charge in [0.2, 0.25) is 0 Å². The lowest BCUT2D eigenvalue weighted by Crippen LogP contribution is -2.49. The van der Waals surface area contributed by atoms with E-state index in [1.165, 1.54) is 11.5 Å². The van der Waals surface area contributed by atoms with Crippen LogP contribution in [0.25, 0.3) is 0 Å². The fraction of sp³-hybridized carbons (Fsp3) is 0.800. The van der Waals surface area contributed by atoms with Crippen LogP contribution in [0.5, 0.6) is 0 Å². The minimum absolute atomic E-state index is 0.588. The molecule has 2 rings (SSSR count). The van der Waals surface area contributed by atoms with Crippen molar-refractivity contribution < 1.29 is 0 Å². The van der Waals surface area contributed by atoms with Crippen molar-refractivity contribution in [3.8, 4) is 0 Å². The summed E-state index contributed by atoms with van der Waals surface area (Å²) in [6.45, 7) is 6.55. The van der Waals surface area contributed by atoms with Gasteiger partial charge in [-0.05, 0) is 14.0 Å². The maximum atomic E-state index is 4.19. The molecular formula is C10H19N5S. The second kappa shape index (κ2) is 5.07. The van der Waals surface area contributed by atoms with Gasteiger partial charge in [0, 0.05) is 50.8 Å². The van der Waals surface area contributed by atoms with E-state index in [-0.39, 0.29) is 0 Å². The zero-order chi connectivity index (χ0) is 11.5. The van der Waals surface area contributed by atoms with Crippen LogP contribution in [0.2, 0.25) is 0 Å². The maximum Gasteiger partial charge on any atom is 0.134 e. The summed E-state index contributed by atoms with van der Waals surface area (Å²) in [5.74, 6) is 0. The second-order valence-electron chi connectivity index (χ2n) is 4.38. The average molecular weight is 241 g/mol. The molecule has 2 heterocycles. The highest BCUT2D eigenvalue weighted by Gasteiger charge is 2.23. The number of rotatable bonds is 3. The van der Waals surface area contributed by atoms with Gasteiger partial charge >= 0.3 is 0 Å². The second-order valence-corrected chi connectivity index (χ2v) is 5.13. The van der Waals surface area contributed by atoms with Crippen molar-refractivity contribution in [2.45, 2.75) is 19.5 Å². The minimum atomic E-state index is 0.588. The van der Waals surface area contributed by atoms with E-state index in [1.54, 1.807) is 0 Å². The first-order valence-corrected chi connectivity index (χ1v) is 6.39. The van der Waals surface area contributed by atoms with Crippen LogP contribution in [0.4, 0.5) is 5.00 Å². The number of hydrogen-bond acceptors (Lipinski definition) is 6. The van der Waals surface area contributed by atoms with Gasteiger partial charge in [0.15, 0.2) is 0 Å². The van der Waals surface area contributed by atoms with Gasteiger partial charge in [-0.2, -0.15) is 0 Å². The first-order valence-electron chi connectivity index (χ1n) is 5.62. The fourth-order valence-electron chi connectivity index (χ4n) is 2.11. The summed E-state index contributed by atoms with van der Waals surface area (Å²) in [5, 5.41) is 8.42. The molecule has 0 aromatic carbocycles. The molecule has 0 bridgehead atoms. The zero-order valence-corrected chi connectivity index (χ0v) is 10.9. The summed E-state index contributed by atoms with van der Waals surface area (Å²) in [4.78, 5) is 4.84. The zero-order valence-electron chi connectivity index (χ0n) is 10.1. The largest absolute Gasteiger partial charge is 0.377 e. The van der Waals surface area contributed by atoms with Crippen LogP contribution in [0.3, 0.4) is 0 Å². The normalized spacial score (nSPS) is 23.6. The van der Waals surface area contributed by atoms with Gasteiger partial charge < -0.3 is 10.2 Å². The third-order valence-electron chi connectivity index (χ3n) is 3.10. The van der Waals surface area contributed by atoms with Gasteiger partial charge in [0.05, 0.1) is 0 Å². The highest BCUT2D eigenvalue weighted by molar-refractivity contribution is 7.10. The molecule has 1 aliphatic rings. The molecule has 0 amide bonds. The quantitative estimate of drug-likeness (QED) is 0.844. The minimum Gasteiger partial charge on any atom is -0.377 e. The Balaban J connectivity index is 1.99. The van der Waals surface area contributed by atoms with E-state index >= 15 is 0 Å². The number of aromatic nitrogens is 2. The summed E-state index contributed by atoms with van der Waals surface area (Å²) >= 11 is 1.43. The van der Waals surface area contributed by atoms with Gasteiger partial charge in [-0.25, -0.2) is 0 Å². The van der Waals surface area contributed by atoms with Crippen LogP contribution in [0.1, 0.15) is 12.6 Å². The molecule has 6 heteroatoms. The summed E-state index contributed by atoms with van der Waals surface area (Å²) in [6, 6.07) is 0.588. The standard InChI is InChI=1S/C10H19N5S/c1-8-6-14(3)4-5-15(8)7-9-10(11-2)16-13-12-9/h8,11H,4-7H2,1-3H3. The predicted octanol–water partition coefficient (Wildman–Crippen LogP) is 0.716. The van der Waals surface area contributed by atoms with E-state index in [0.717, 1.165) is 36.9 Å². The highest BCUT2D eigenvalue weighted by Crippen LogP contribution is 2.20. The van der Waals surface area contributed by atoms with E-state index in [0.29, 0.717) is 6.04 Å². The third kappa shape index (κ3) is 2.50. The molecule has 0 spiro atoms. The van der Waals surface area contributed by atoms with Gasteiger partial charge in [-0.3, -0.25) is 4.90 Å². The smallest absolute Gasteiger partial charge is 0.134 e. The average Bonchev–Trinajstić information content (AvgIpc) is 2.69. The summed E-state index contributed by atoms with van der Waals surface area (Å²) in [5.41, 5.74) is 1.07. The summed E-state index contributed by atoms with van der Waals surface area (Å²) in [6.07, 6.45) is 0. The Morgan fingerprint density at radius 3 is 3.00 bits per heavy atom. The topological polar surface area (TPSA) is 44.3 Å². The maximum absolute atomic E-state index is 4.19. The molecule has 1 aliphatic heterocycles. The predicted molar refractivity (Wildman–Crippen MR) is 66.8 cm³/mol. The van der Waals surface area contributed by atoms with E-state index in [1.807, 2.05) is 7.05 Å². The lowest BCUT2D eigenvalue weighted by molar-refractivity contribution is 0.0929. The molecule has 16 heavy (non-hydrogen) atoms. The summed E-state index contributed by atoms with van der Waals surface area (Å²) < 4.78 is 3.99. The fourth-order valence-corrected chi connectivity index (χ4v) is 2.63. The molecule has 0 radical (unpaired) electrons. The van der Waals surface area contributed by atoms with E-state index < -0.39 is 0 Å². The van der Waals surface area contributed by atoms with Crippen molar-refractivity contribution in [3.05, 3.63) is 5.69 Å². The molecule has 0 saturated carbocycles. The molecule has 1 fully saturated rings. The van der Waals surface area contributed by atoms with Crippen LogP contribution in [-0.4, -0.2) is 59.2 Å². The first-order chi connectivity index (χ1) is 7.70. The number of hydrogen-bond donors (Lipinski definition) is 1. The van der Waals surface area contributed by atoms with E-state index in [4.69, 9.17) is 0 Å². The Morgan fingerprint density at radius 2 is 2.31 bits per heavy atom. The molecule has 0 aliphatic carbocycles. The number of likely N-dealkylation sites (N-methyl/N-ethyl adjacent to an activating group) is 1. The summed E-state index contributed by atoms with van der Waals surface area (Å²) in [7, 11) is 4.10. The Bertz CT molecular complexity index is 340. The molecule has 5 nitrogen and oxygen atoms in total. The van der Waals surface area contributed by atoms with Crippen molar-refractivity contribution in [3.63, 3.8) is 0 Å². The number of anilines is 1. The monoisotopic (exact) mass is 241 g/mol. The van der Waals surface area contributed by atoms with E-state index in [9.17, 15) is 0 Å². The van der Waals surface area contributed by atoms with Crippen LogP contribution >= 0.6 is 11.5 Å². The van der Waals surface area contributed by atoms with Gasteiger partial charge in [0.1, 0.15) is 10.7 Å². The van der Waals surface area contributed by atoms with Gasteiger partial charge in [0.25, 0.3) is 0 Å². The van der Waals surface area contributed by atoms with Gasteiger partial charge in [-0.15, -0.1) is 5.10 Å². The Labute approximate surface area is 101 Å².